The molecular weight excluding hydrogens is 400 g/mol. The first-order valence-corrected chi connectivity index (χ1v) is 11.6. The molecule has 0 bridgehead atoms. The molecule has 0 N–H and O–H groups in total. The van der Waals surface area contributed by atoms with Crippen molar-refractivity contribution in [2.24, 2.45) is 0 Å². The Kier molecular flexibility index (Phi) is 6.83. The lowest BCUT2D eigenvalue weighted by Crippen LogP contribution is -2.50. The molecule has 1 saturated heterocycles. The first-order valence-electron chi connectivity index (χ1n) is 10.2. The molecule has 1 aliphatic rings. The molecule has 2 aromatic carbocycles. The van der Waals surface area contributed by atoms with Gasteiger partial charge in [0.05, 0.1) is 7.11 Å². The molecule has 1 fully saturated rings. The van der Waals surface area contributed by atoms with E-state index in [1.165, 1.54) is 17.0 Å². The number of piperazine rings is 1. The van der Waals surface area contributed by atoms with Crippen LogP contribution >= 0.6 is 0 Å². The number of carbonyl (C=O) groups is 1. The van der Waals surface area contributed by atoms with Crippen LogP contribution in [-0.2, 0) is 21.2 Å². The number of aryl methyl sites for hydroxylation is 4. The fourth-order valence-electron chi connectivity index (χ4n) is 3.61. The summed E-state index contributed by atoms with van der Waals surface area (Å²) in [5.74, 6) is 0.422. The molecule has 1 amide bonds. The highest BCUT2D eigenvalue weighted by molar-refractivity contribution is 7.89. The molecular formula is C23H30N2O4S. The highest BCUT2D eigenvalue weighted by Gasteiger charge is 2.32. The van der Waals surface area contributed by atoms with Crippen LogP contribution in [0.25, 0.3) is 0 Å². The normalized spacial score (nSPS) is 15.3. The van der Waals surface area contributed by atoms with Gasteiger partial charge in [0.2, 0.25) is 15.9 Å². The molecule has 3 rings (SSSR count). The fourth-order valence-corrected chi connectivity index (χ4v) is 5.25. The molecule has 0 aliphatic carbocycles. The van der Waals surface area contributed by atoms with Crippen LogP contribution in [0, 0.1) is 20.8 Å². The Morgan fingerprint density at radius 1 is 0.967 bits per heavy atom. The summed E-state index contributed by atoms with van der Waals surface area (Å²) in [7, 11) is -2.20. The average Bonchev–Trinajstić information content (AvgIpc) is 2.74. The van der Waals surface area contributed by atoms with Gasteiger partial charge in [-0.25, -0.2) is 8.42 Å². The van der Waals surface area contributed by atoms with E-state index >= 15 is 0 Å². The summed E-state index contributed by atoms with van der Waals surface area (Å²) in [5.41, 5.74) is 4.22. The fraction of sp³-hybridized carbons (Fsp3) is 0.435. The van der Waals surface area contributed by atoms with Crippen molar-refractivity contribution in [3.8, 4) is 5.75 Å². The van der Waals surface area contributed by atoms with Crippen molar-refractivity contribution >= 4 is 15.9 Å². The topological polar surface area (TPSA) is 66.9 Å². The quantitative estimate of drug-likeness (QED) is 0.706. The van der Waals surface area contributed by atoms with E-state index in [0.29, 0.717) is 31.7 Å². The van der Waals surface area contributed by atoms with E-state index in [0.717, 1.165) is 16.7 Å². The zero-order valence-electron chi connectivity index (χ0n) is 18.1. The van der Waals surface area contributed by atoms with E-state index in [1.807, 2.05) is 45.0 Å². The summed E-state index contributed by atoms with van der Waals surface area (Å²) < 4.78 is 33.2. The van der Waals surface area contributed by atoms with Gasteiger partial charge in [-0.2, -0.15) is 4.31 Å². The number of methoxy groups -OCH3 is 1. The number of rotatable bonds is 6. The Labute approximate surface area is 179 Å². The summed E-state index contributed by atoms with van der Waals surface area (Å²) in [5, 5.41) is 0. The summed E-state index contributed by atoms with van der Waals surface area (Å²) in [4.78, 5) is 14.5. The van der Waals surface area contributed by atoms with E-state index in [1.54, 1.807) is 17.0 Å². The maximum atomic E-state index is 13.2. The first kappa shape index (κ1) is 22.3. The molecule has 0 aromatic heterocycles. The molecule has 30 heavy (non-hydrogen) atoms. The van der Waals surface area contributed by atoms with Crippen molar-refractivity contribution in [3.63, 3.8) is 0 Å². The van der Waals surface area contributed by atoms with Crippen LogP contribution in [0.2, 0.25) is 0 Å². The van der Waals surface area contributed by atoms with Crippen molar-refractivity contribution in [1.29, 1.82) is 0 Å². The molecule has 1 aliphatic heterocycles. The van der Waals surface area contributed by atoms with Gasteiger partial charge < -0.3 is 9.64 Å². The lowest BCUT2D eigenvalue weighted by molar-refractivity contribution is -0.132. The summed E-state index contributed by atoms with van der Waals surface area (Å²) in [6.45, 7) is 7.23. The molecule has 0 radical (unpaired) electrons. The molecule has 1 heterocycles. The van der Waals surface area contributed by atoms with Gasteiger partial charge in [-0.15, -0.1) is 0 Å². The first-order chi connectivity index (χ1) is 14.2. The zero-order valence-corrected chi connectivity index (χ0v) is 19.0. The van der Waals surface area contributed by atoms with Gasteiger partial charge >= 0.3 is 0 Å². The maximum absolute atomic E-state index is 13.2. The molecule has 2 aromatic rings. The molecule has 0 atom stereocenters. The monoisotopic (exact) mass is 430 g/mol. The second kappa shape index (κ2) is 9.18. The van der Waals surface area contributed by atoms with Crippen LogP contribution in [-0.4, -0.2) is 56.8 Å². The van der Waals surface area contributed by atoms with Gasteiger partial charge in [-0.05, 0) is 56.0 Å². The van der Waals surface area contributed by atoms with Gasteiger partial charge in [-0.3, -0.25) is 4.79 Å². The molecule has 6 nitrogen and oxygen atoms in total. The van der Waals surface area contributed by atoms with E-state index in [4.69, 9.17) is 4.74 Å². The number of ether oxygens (including phenoxy) is 1. The predicted molar refractivity (Wildman–Crippen MR) is 117 cm³/mol. The minimum absolute atomic E-state index is 0.0661. The molecule has 7 heteroatoms. The lowest BCUT2D eigenvalue weighted by Gasteiger charge is -2.34. The molecule has 0 unspecified atom stereocenters. The lowest BCUT2D eigenvalue weighted by atomic mass is 10.1. The minimum Gasteiger partial charge on any atom is -0.495 e. The number of hydrogen-bond acceptors (Lipinski definition) is 4. The van der Waals surface area contributed by atoms with E-state index in [2.05, 4.69) is 0 Å². The van der Waals surface area contributed by atoms with Gasteiger partial charge in [-0.1, -0.05) is 29.8 Å². The minimum atomic E-state index is -3.68. The van der Waals surface area contributed by atoms with Gasteiger partial charge in [0, 0.05) is 32.6 Å². The van der Waals surface area contributed by atoms with Gasteiger partial charge in [0.25, 0.3) is 0 Å². The van der Waals surface area contributed by atoms with E-state index in [9.17, 15) is 13.2 Å². The van der Waals surface area contributed by atoms with Crippen LogP contribution < -0.4 is 4.74 Å². The highest BCUT2D eigenvalue weighted by atomic mass is 32.2. The average molecular weight is 431 g/mol. The van der Waals surface area contributed by atoms with Crippen LogP contribution in [0.1, 0.15) is 28.7 Å². The smallest absolute Gasteiger partial charge is 0.246 e. The number of sulfonamides is 1. The van der Waals surface area contributed by atoms with E-state index < -0.39 is 10.0 Å². The number of amides is 1. The number of benzene rings is 2. The third-order valence-electron chi connectivity index (χ3n) is 5.74. The van der Waals surface area contributed by atoms with Crippen molar-refractivity contribution in [1.82, 2.24) is 9.21 Å². The molecule has 162 valence electrons. The van der Waals surface area contributed by atoms with Gasteiger partial charge in [0.15, 0.2) is 0 Å². The van der Waals surface area contributed by atoms with Gasteiger partial charge in [0.1, 0.15) is 10.6 Å². The van der Waals surface area contributed by atoms with Crippen molar-refractivity contribution in [3.05, 3.63) is 58.7 Å². The van der Waals surface area contributed by atoms with Crippen molar-refractivity contribution in [2.45, 2.75) is 38.5 Å². The zero-order chi connectivity index (χ0) is 21.9. The molecule has 0 spiro atoms. The maximum Gasteiger partial charge on any atom is 0.246 e. The Hall–Kier alpha value is -2.38. The number of hydrogen-bond donors (Lipinski definition) is 0. The van der Waals surface area contributed by atoms with E-state index in [-0.39, 0.29) is 23.9 Å². The van der Waals surface area contributed by atoms with Crippen LogP contribution in [0.15, 0.2) is 41.3 Å². The van der Waals surface area contributed by atoms with Crippen molar-refractivity contribution in [2.75, 3.05) is 33.3 Å². The SMILES string of the molecule is COc1cc(C)c(C)cc1S(=O)(=O)N1CCN(C(=O)CCc2ccc(C)cc2)CC1. The summed E-state index contributed by atoms with van der Waals surface area (Å²) in [6, 6.07) is 11.6. The second-order valence-electron chi connectivity index (χ2n) is 7.86. The third kappa shape index (κ3) is 4.84. The number of nitrogens with zero attached hydrogens (tertiary/aromatic N) is 2. The van der Waals surface area contributed by atoms with Crippen molar-refractivity contribution < 1.29 is 17.9 Å². The standard InChI is InChI=1S/C23H30N2O4S/c1-17-5-7-20(8-6-17)9-10-23(26)24-11-13-25(14-12-24)30(27,28)22-16-19(3)18(2)15-21(22)29-4/h5-8,15-16H,9-14H2,1-4H3. The largest absolute Gasteiger partial charge is 0.495 e. The highest BCUT2D eigenvalue weighted by Crippen LogP contribution is 2.30. The predicted octanol–water partition coefficient (Wildman–Crippen LogP) is 3.09. The number of carbonyl (C=O) groups excluding carboxylic acids is 1. The van der Waals surface area contributed by atoms with Crippen LogP contribution in [0.4, 0.5) is 0 Å². The second-order valence-corrected chi connectivity index (χ2v) is 9.76. The third-order valence-corrected chi connectivity index (χ3v) is 7.66. The Bertz CT molecular complexity index is 1010. The summed E-state index contributed by atoms with van der Waals surface area (Å²) in [6.07, 6.45) is 1.12. The Morgan fingerprint density at radius 2 is 1.57 bits per heavy atom. The van der Waals surface area contributed by atoms with Crippen LogP contribution in [0.5, 0.6) is 5.75 Å². The Balaban J connectivity index is 1.62. The summed E-state index contributed by atoms with van der Waals surface area (Å²) >= 11 is 0. The van der Waals surface area contributed by atoms with Crippen LogP contribution in [0.3, 0.4) is 0 Å². The molecule has 0 saturated carbocycles. The Morgan fingerprint density at radius 3 is 2.17 bits per heavy atom.